The number of thioether (sulfide) groups is 1. The molecule has 0 heterocycles. The molecular weight excluding hydrogens is 461 g/mol. The highest BCUT2D eigenvalue weighted by atomic mass is 35.5. The summed E-state index contributed by atoms with van der Waals surface area (Å²) in [6.45, 7) is 0. The van der Waals surface area contributed by atoms with Crippen LogP contribution in [0.5, 0.6) is 0 Å². The van der Waals surface area contributed by atoms with Gasteiger partial charge in [0.25, 0.3) is 11.6 Å². The van der Waals surface area contributed by atoms with Crippen molar-refractivity contribution in [3.8, 4) is 0 Å². The Morgan fingerprint density at radius 1 is 0.903 bits per heavy atom. The highest BCUT2D eigenvalue weighted by Gasteiger charge is 2.11. The Labute approximate surface area is 191 Å². The zero-order valence-electron chi connectivity index (χ0n) is 15.8. The number of carbonyl (C=O) groups is 2. The maximum Gasteiger partial charge on any atom is 0.269 e. The molecule has 0 aromatic heterocycles. The minimum atomic E-state index is -0.528. The molecule has 158 valence electrons. The van der Waals surface area contributed by atoms with Crippen LogP contribution in [0, 0.1) is 10.1 Å². The highest BCUT2D eigenvalue weighted by Crippen LogP contribution is 2.25. The Kier molecular flexibility index (Phi) is 7.51. The summed E-state index contributed by atoms with van der Waals surface area (Å²) in [6, 6.07) is 17.1. The lowest BCUT2D eigenvalue weighted by Crippen LogP contribution is -2.14. The Morgan fingerprint density at radius 2 is 1.58 bits per heavy atom. The van der Waals surface area contributed by atoms with Gasteiger partial charge in [0.15, 0.2) is 0 Å². The molecule has 0 radical (unpaired) electrons. The Balaban J connectivity index is 1.57. The van der Waals surface area contributed by atoms with Gasteiger partial charge < -0.3 is 10.6 Å². The molecule has 0 saturated carbocycles. The van der Waals surface area contributed by atoms with Gasteiger partial charge >= 0.3 is 0 Å². The maximum absolute atomic E-state index is 12.4. The van der Waals surface area contributed by atoms with Crippen LogP contribution in [0.1, 0.15) is 10.4 Å². The van der Waals surface area contributed by atoms with Crippen molar-refractivity contribution in [3.05, 3.63) is 92.5 Å². The third kappa shape index (κ3) is 6.71. The molecule has 0 bridgehead atoms. The van der Waals surface area contributed by atoms with Gasteiger partial charge in [-0.2, -0.15) is 0 Å². The van der Waals surface area contributed by atoms with Crippen LogP contribution < -0.4 is 10.6 Å². The minimum absolute atomic E-state index is 0.0896. The summed E-state index contributed by atoms with van der Waals surface area (Å²) in [5.41, 5.74) is 1.25. The van der Waals surface area contributed by atoms with Crippen LogP contribution in [-0.2, 0) is 4.79 Å². The van der Waals surface area contributed by atoms with Crippen molar-refractivity contribution in [3.63, 3.8) is 0 Å². The zero-order chi connectivity index (χ0) is 22.4. The van der Waals surface area contributed by atoms with E-state index in [0.29, 0.717) is 27.0 Å². The molecule has 0 aliphatic carbocycles. The van der Waals surface area contributed by atoms with E-state index in [2.05, 4.69) is 10.6 Å². The fraction of sp³-hybridized carbons (Fsp3) is 0.0476. The van der Waals surface area contributed by atoms with Crippen LogP contribution in [0.2, 0.25) is 10.0 Å². The average Bonchev–Trinajstić information content (AvgIpc) is 2.72. The monoisotopic (exact) mass is 475 g/mol. The standard InChI is InChI=1S/C21H15Cl2N3O4S/c22-14-8-15(23)10-17(9-14)24-20(27)12-31-19-3-1-2-16(11-19)25-21(28)13-4-6-18(7-5-13)26(29)30/h1-11H,12H2,(H,24,27)(H,25,28). The molecule has 0 atom stereocenters. The summed E-state index contributed by atoms with van der Waals surface area (Å²) >= 11 is 13.1. The molecule has 0 aliphatic heterocycles. The normalized spacial score (nSPS) is 10.4. The molecule has 31 heavy (non-hydrogen) atoms. The van der Waals surface area contributed by atoms with Crippen molar-refractivity contribution in [2.75, 3.05) is 16.4 Å². The van der Waals surface area contributed by atoms with E-state index in [4.69, 9.17) is 23.2 Å². The second kappa shape index (κ2) is 10.3. The first kappa shape index (κ1) is 22.6. The van der Waals surface area contributed by atoms with Crippen molar-refractivity contribution in [2.45, 2.75) is 4.90 Å². The molecule has 3 aromatic rings. The van der Waals surface area contributed by atoms with E-state index in [1.54, 1.807) is 36.4 Å². The van der Waals surface area contributed by atoms with E-state index >= 15 is 0 Å². The molecule has 0 spiro atoms. The molecule has 10 heteroatoms. The number of rotatable bonds is 7. The zero-order valence-corrected chi connectivity index (χ0v) is 18.1. The number of carbonyl (C=O) groups excluding carboxylic acids is 2. The van der Waals surface area contributed by atoms with Crippen LogP contribution >= 0.6 is 35.0 Å². The van der Waals surface area contributed by atoms with Crippen molar-refractivity contribution < 1.29 is 14.5 Å². The van der Waals surface area contributed by atoms with Gasteiger partial charge in [-0.05, 0) is 48.5 Å². The third-order valence-electron chi connectivity index (χ3n) is 3.95. The van der Waals surface area contributed by atoms with E-state index in [0.717, 1.165) is 4.90 Å². The second-order valence-electron chi connectivity index (χ2n) is 6.28. The number of hydrogen-bond acceptors (Lipinski definition) is 5. The van der Waals surface area contributed by atoms with Gasteiger partial charge in [0.2, 0.25) is 5.91 Å². The Bertz CT molecular complexity index is 1120. The molecule has 3 aromatic carbocycles. The number of nitro groups is 1. The molecule has 3 rings (SSSR count). The van der Waals surface area contributed by atoms with E-state index in [1.807, 2.05) is 6.07 Å². The lowest BCUT2D eigenvalue weighted by atomic mass is 10.2. The number of amides is 2. The van der Waals surface area contributed by atoms with E-state index < -0.39 is 10.8 Å². The van der Waals surface area contributed by atoms with Gasteiger partial charge in [-0.15, -0.1) is 11.8 Å². The number of anilines is 2. The number of nitrogens with one attached hydrogen (secondary N) is 2. The first-order valence-corrected chi connectivity index (χ1v) is 10.6. The second-order valence-corrected chi connectivity index (χ2v) is 8.20. The van der Waals surface area contributed by atoms with Crippen LogP contribution in [0.15, 0.2) is 71.6 Å². The number of halogens is 2. The highest BCUT2D eigenvalue weighted by molar-refractivity contribution is 8.00. The summed E-state index contributed by atoms with van der Waals surface area (Å²) in [4.78, 5) is 35.5. The SMILES string of the molecule is O=C(CSc1cccc(NC(=O)c2ccc([N+](=O)[O-])cc2)c1)Nc1cc(Cl)cc(Cl)c1. The lowest BCUT2D eigenvalue weighted by Gasteiger charge is -2.09. The quantitative estimate of drug-likeness (QED) is 0.252. The fourth-order valence-electron chi connectivity index (χ4n) is 2.57. The maximum atomic E-state index is 12.4. The smallest absolute Gasteiger partial charge is 0.269 e. The molecule has 0 unspecified atom stereocenters. The third-order valence-corrected chi connectivity index (χ3v) is 5.38. The molecule has 0 fully saturated rings. The number of non-ortho nitro benzene ring substituents is 1. The van der Waals surface area contributed by atoms with Gasteiger partial charge in [0.05, 0.1) is 10.7 Å². The number of hydrogen-bond donors (Lipinski definition) is 2. The molecule has 2 N–H and O–H groups in total. The van der Waals surface area contributed by atoms with Crippen molar-refractivity contribution >= 4 is 63.8 Å². The molecule has 2 amide bonds. The average molecular weight is 476 g/mol. The molecular formula is C21H15Cl2N3O4S. The predicted molar refractivity (Wildman–Crippen MR) is 123 cm³/mol. The minimum Gasteiger partial charge on any atom is -0.325 e. The van der Waals surface area contributed by atoms with E-state index in [-0.39, 0.29) is 17.3 Å². The van der Waals surface area contributed by atoms with Crippen LogP contribution in [0.4, 0.5) is 17.1 Å². The summed E-state index contributed by atoms with van der Waals surface area (Å²) in [7, 11) is 0. The summed E-state index contributed by atoms with van der Waals surface area (Å²) < 4.78 is 0. The van der Waals surface area contributed by atoms with Gasteiger partial charge in [0, 0.05) is 44.0 Å². The molecule has 7 nitrogen and oxygen atoms in total. The topological polar surface area (TPSA) is 101 Å². The lowest BCUT2D eigenvalue weighted by molar-refractivity contribution is -0.384. The predicted octanol–water partition coefficient (Wildman–Crippen LogP) is 5.88. The van der Waals surface area contributed by atoms with Gasteiger partial charge in [0.1, 0.15) is 0 Å². The van der Waals surface area contributed by atoms with Crippen molar-refractivity contribution in [1.29, 1.82) is 0 Å². The first-order chi connectivity index (χ1) is 14.8. The van der Waals surface area contributed by atoms with Crippen LogP contribution in [0.3, 0.4) is 0 Å². The fourth-order valence-corrected chi connectivity index (χ4v) is 3.85. The van der Waals surface area contributed by atoms with Crippen LogP contribution in [0.25, 0.3) is 0 Å². The van der Waals surface area contributed by atoms with E-state index in [9.17, 15) is 19.7 Å². The largest absolute Gasteiger partial charge is 0.325 e. The van der Waals surface area contributed by atoms with Gasteiger partial charge in [-0.3, -0.25) is 19.7 Å². The van der Waals surface area contributed by atoms with Crippen molar-refractivity contribution in [2.24, 2.45) is 0 Å². The number of benzene rings is 3. The number of nitro benzene ring substituents is 1. The summed E-state index contributed by atoms with van der Waals surface area (Å²) in [6.07, 6.45) is 0. The summed E-state index contributed by atoms with van der Waals surface area (Å²) in [5, 5.41) is 17.0. The molecule has 0 aliphatic rings. The Morgan fingerprint density at radius 3 is 2.23 bits per heavy atom. The van der Waals surface area contributed by atoms with Gasteiger partial charge in [-0.1, -0.05) is 29.3 Å². The molecule has 0 saturated heterocycles. The Hall–Kier alpha value is -3.07. The summed E-state index contributed by atoms with van der Waals surface area (Å²) in [5.74, 6) is -0.486. The first-order valence-electron chi connectivity index (χ1n) is 8.85. The van der Waals surface area contributed by atoms with Gasteiger partial charge in [-0.25, -0.2) is 0 Å². The van der Waals surface area contributed by atoms with E-state index in [1.165, 1.54) is 36.0 Å². The van der Waals surface area contributed by atoms with Crippen LogP contribution in [-0.4, -0.2) is 22.5 Å². The van der Waals surface area contributed by atoms with Crippen molar-refractivity contribution in [1.82, 2.24) is 0 Å². The number of nitrogens with zero attached hydrogens (tertiary/aromatic N) is 1.